The fraction of sp³-hybridized carbons (Fsp3) is 0.588. The van der Waals surface area contributed by atoms with Gasteiger partial charge in [0.15, 0.2) is 0 Å². The highest BCUT2D eigenvalue weighted by molar-refractivity contribution is 5.75. The molecule has 0 atom stereocenters. The highest BCUT2D eigenvalue weighted by Gasteiger charge is 2.32. The zero-order chi connectivity index (χ0) is 15.8. The molecule has 1 aromatic carbocycles. The lowest BCUT2D eigenvalue weighted by Crippen LogP contribution is -2.59. The van der Waals surface area contributed by atoms with Crippen LogP contribution in [0.25, 0.3) is 0 Å². The Hall–Kier alpha value is -1.75. The van der Waals surface area contributed by atoms with Crippen LogP contribution in [0.2, 0.25) is 0 Å². The number of hydrogen-bond acceptors (Lipinski definition) is 3. The number of urea groups is 1. The number of nitrogens with one attached hydrogen (secondary N) is 1. The first kappa shape index (κ1) is 16.6. The summed E-state index contributed by atoms with van der Waals surface area (Å²) in [4.78, 5) is 13.7. The minimum Gasteiger partial charge on any atom is -0.486 e. The molecule has 0 unspecified atom stereocenters. The second kappa shape index (κ2) is 8.63. The summed E-state index contributed by atoms with van der Waals surface area (Å²) in [7, 11) is 0. The van der Waals surface area contributed by atoms with E-state index < -0.39 is 0 Å². The maximum absolute atomic E-state index is 11.9. The van der Waals surface area contributed by atoms with Gasteiger partial charge in [-0.1, -0.05) is 25.1 Å². The number of ether oxygens (including phenoxy) is 2. The Morgan fingerprint density at radius 2 is 2.09 bits per heavy atom. The summed E-state index contributed by atoms with van der Waals surface area (Å²) in [6.45, 7) is 7.44. The average molecular weight is 306 g/mol. The summed E-state index contributed by atoms with van der Waals surface area (Å²) in [5, 5.41) is 2.90. The molecule has 22 heavy (non-hydrogen) atoms. The molecule has 1 aliphatic heterocycles. The number of carbonyl (C=O) groups is 1. The number of hydrogen-bond donors (Lipinski definition) is 1. The van der Waals surface area contributed by atoms with Gasteiger partial charge < -0.3 is 19.7 Å². The second-order valence-electron chi connectivity index (χ2n) is 5.39. The van der Waals surface area contributed by atoms with Crippen LogP contribution in [0.15, 0.2) is 24.3 Å². The Kier molecular flexibility index (Phi) is 6.52. The van der Waals surface area contributed by atoms with Crippen LogP contribution in [0.4, 0.5) is 4.79 Å². The van der Waals surface area contributed by atoms with E-state index in [0.717, 1.165) is 25.2 Å². The van der Waals surface area contributed by atoms with E-state index in [4.69, 9.17) is 9.47 Å². The van der Waals surface area contributed by atoms with E-state index in [1.165, 1.54) is 5.56 Å². The third-order valence-corrected chi connectivity index (χ3v) is 3.73. The third-order valence-electron chi connectivity index (χ3n) is 3.73. The van der Waals surface area contributed by atoms with Crippen molar-refractivity contribution in [3.8, 4) is 5.75 Å². The van der Waals surface area contributed by atoms with Crippen LogP contribution in [0.5, 0.6) is 5.75 Å². The van der Waals surface area contributed by atoms with E-state index in [-0.39, 0.29) is 12.1 Å². The van der Waals surface area contributed by atoms with Crippen molar-refractivity contribution >= 4 is 6.03 Å². The van der Waals surface area contributed by atoms with Crippen LogP contribution in [-0.4, -0.2) is 49.9 Å². The van der Waals surface area contributed by atoms with Crippen molar-refractivity contribution in [1.29, 1.82) is 0 Å². The average Bonchev–Trinajstić information content (AvgIpc) is 2.50. The van der Waals surface area contributed by atoms with Gasteiger partial charge in [-0.25, -0.2) is 4.79 Å². The number of rotatable bonds is 8. The molecule has 1 N–H and O–H groups in total. The van der Waals surface area contributed by atoms with E-state index in [9.17, 15) is 4.79 Å². The van der Waals surface area contributed by atoms with Crippen molar-refractivity contribution in [2.24, 2.45) is 0 Å². The molecule has 0 spiro atoms. The minimum atomic E-state index is -0.0138. The van der Waals surface area contributed by atoms with E-state index in [1.807, 2.05) is 25.1 Å². The first-order valence-corrected chi connectivity index (χ1v) is 8.09. The lowest BCUT2D eigenvalue weighted by Gasteiger charge is -2.39. The van der Waals surface area contributed by atoms with Crippen LogP contribution >= 0.6 is 0 Å². The van der Waals surface area contributed by atoms with Crippen molar-refractivity contribution in [3.05, 3.63) is 29.8 Å². The lowest BCUT2D eigenvalue weighted by atomic mass is 10.1. The molecule has 0 saturated carbocycles. The molecule has 1 saturated heterocycles. The highest BCUT2D eigenvalue weighted by atomic mass is 16.5. The molecule has 2 amide bonds. The lowest BCUT2D eigenvalue weighted by molar-refractivity contribution is 0.0436. The molecule has 0 radical (unpaired) electrons. The Morgan fingerprint density at radius 3 is 2.82 bits per heavy atom. The smallest absolute Gasteiger partial charge is 0.317 e. The number of benzene rings is 1. The van der Waals surface area contributed by atoms with E-state index in [2.05, 4.69) is 18.3 Å². The fourth-order valence-electron chi connectivity index (χ4n) is 2.39. The van der Waals surface area contributed by atoms with E-state index in [0.29, 0.717) is 26.2 Å². The summed E-state index contributed by atoms with van der Waals surface area (Å²) in [6, 6.07) is 8.07. The molecule has 1 heterocycles. The van der Waals surface area contributed by atoms with Gasteiger partial charge >= 0.3 is 6.03 Å². The number of aryl methyl sites for hydroxylation is 1. The molecular formula is C17H26N2O3. The van der Waals surface area contributed by atoms with Gasteiger partial charge in [0.05, 0.1) is 13.1 Å². The summed E-state index contributed by atoms with van der Waals surface area (Å²) in [5.74, 6) is 0.937. The normalized spacial score (nSPS) is 14.5. The van der Waals surface area contributed by atoms with Gasteiger partial charge in [0, 0.05) is 19.8 Å². The van der Waals surface area contributed by atoms with Crippen LogP contribution in [0.3, 0.4) is 0 Å². The van der Waals surface area contributed by atoms with E-state index >= 15 is 0 Å². The van der Waals surface area contributed by atoms with Gasteiger partial charge in [0.25, 0.3) is 0 Å². The largest absolute Gasteiger partial charge is 0.486 e. The van der Waals surface area contributed by atoms with Crippen molar-refractivity contribution in [1.82, 2.24) is 10.2 Å². The van der Waals surface area contributed by atoms with E-state index in [1.54, 1.807) is 4.90 Å². The van der Waals surface area contributed by atoms with Crippen LogP contribution < -0.4 is 10.1 Å². The summed E-state index contributed by atoms with van der Waals surface area (Å²) in [6.07, 6.45) is 1.89. The maximum Gasteiger partial charge on any atom is 0.317 e. The molecule has 1 aliphatic rings. The molecule has 5 nitrogen and oxygen atoms in total. The topological polar surface area (TPSA) is 50.8 Å². The zero-order valence-corrected chi connectivity index (χ0v) is 13.5. The number of amides is 2. The van der Waals surface area contributed by atoms with Crippen molar-refractivity contribution < 1.29 is 14.3 Å². The first-order valence-electron chi connectivity index (χ1n) is 8.09. The van der Waals surface area contributed by atoms with Gasteiger partial charge in [-0.15, -0.1) is 0 Å². The zero-order valence-electron chi connectivity index (χ0n) is 13.5. The van der Waals surface area contributed by atoms with Crippen LogP contribution in [0.1, 0.15) is 25.8 Å². The SMILES string of the molecule is CCOCCCNC(=O)N1CC(Oc2ccccc2CC)C1. The Bertz CT molecular complexity index is 473. The van der Waals surface area contributed by atoms with Gasteiger partial charge in [-0.05, 0) is 31.4 Å². The first-order chi connectivity index (χ1) is 10.7. The Labute approximate surface area is 132 Å². The van der Waals surface area contributed by atoms with Crippen molar-refractivity contribution in [2.45, 2.75) is 32.8 Å². The third kappa shape index (κ3) is 4.63. The second-order valence-corrected chi connectivity index (χ2v) is 5.39. The van der Waals surface area contributed by atoms with Gasteiger partial charge in [0.1, 0.15) is 11.9 Å². The molecule has 0 aromatic heterocycles. The Balaban J connectivity index is 1.65. The molecule has 1 fully saturated rings. The van der Waals surface area contributed by atoms with Crippen molar-refractivity contribution in [3.63, 3.8) is 0 Å². The van der Waals surface area contributed by atoms with Gasteiger partial charge in [0.2, 0.25) is 0 Å². The highest BCUT2D eigenvalue weighted by Crippen LogP contribution is 2.22. The minimum absolute atomic E-state index is 0.0138. The number of carbonyl (C=O) groups excluding carboxylic acids is 1. The molecule has 0 bridgehead atoms. The summed E-state index contributed by atoms with van der Waals surface area (Å²) < 4.78 is 11.2. The number of nitrogens with zero attached hydrogens (tertiary/aromatic N) is 1. The monoisotopic (exact) mass is 306 g/mol. The van der Waals surface area contributed by atoms with Gasteiger partial charge in [-0.3, -0.25) is 0 Å². The molecule has 1 aromatic rings. The Morgan fingerprint density at radius 1 is 1.32 bits per heavy atom. The standard InChI is InChI=1S/C17H26N2O3/c1-3-14-8-5-6-9-16(14)22-15-12-19(13-15)17(20)18-10-7-11-21-4-2/h5-6,8-9,15H,3-4,7,10-13H2,1-2H3,(H,18,20). The molecule has 0 aliphatic carbocycles. The quantitative estimate of drug-likeness (QED) is 0.751. The van der Waals surface area contributed by atoms with Gasteiger partial charge in [-0.2, -0.15) is 0 Å². The molecule has 5 heteroatoms. The maximum atomic E-state index is 11.9. The summed E-state index contributed by atoms with van der Waals surface area (Å²) >= 11 is 0. The predicted octanol–water partition coefficient (Wildman–Crippen LogP) is 2.45. The van der Waals surface area contributed by atoms with Crippen LogP contribution in [-0.2, 0) is 11.2 Å². The summed E-state index contributed by atoms with van der Waals surface area (Å²) in [5.41, 5.74) is 1.21. The van der Waals surface area contributed by atoms with Crippen molar-refractivity contribution in [2.75, 3.05) is 32.8 Å². The number of para-hydroxylation sites is 1. The predicted molar refractivity (Wildman–Crippen MR) is 86.3 cm³/mol. The van der Waals surface area contributed by atoms with Crippen LogP contribution in [0, 0.1) is 0 Å². The fourth-order valence-corrected chi connectivity index (χ4v) is 2.39. The number of likely N-dealkylation sites (tertiary alicyclic amines) is 1. The molecule has 122 valence electrons. The molecular weight excluding hydrogens is 280 g/mol. The molecule has 2 rings (SSSR count).